The second-order valence-corrected chi connectivity index (χ2v) is 7.77. The predicted octanol–water partition coefficient (Wildman–Crippen LogP) is 2.26. The van der Waals surface area contributed by atoms with E-state index in [4.69, 9.17) is 5.84 Å². The lowest BCUT2D eigenvalue weighted by Gasteiger charge is -2.56. The van der Waals surface area contributed by atoms with Gasteiger partial charge in [0, 0.05) is 25.0 Å². The molecule has 4 nitrogen and oxygen atoms in total. The van der Waals surface area contributed by atoms with Crippen molar-refractivity contribution in [2.24, 2.45) is 42.5 Å². The molecule has 1 aromatic heterocycles. The van der Waals surface area contributed by atoms with Crippen molar-refractivity contribution in [1.29, 1.82) is 0 Å². The van der Waals surface area contributed by atoms with Crippen molar-refractivity contribution in [3.8, 4) is 0 Å². The van der Waals surface area contributed by atoms with Gasteiger partial charge in [-0.25, -0.2) is 0 Å². The molecular formula is C17H28N4. The van der Waals surface area contributed by atoms with Crippen molar-refractivity contribution < 1.29 is 0 Å². The van der Waals surface area contributed by atoms with Gasteiger partial charge >= 0.3 is 0 Å². The van der Waals surface area contributed by atoms with Crippen LogP contribution < -0.4 is 11.3 Å². The summed E-state index contributed by atoms with van der Waals surface area (Å²) in [5.74, 6) is 10.7. The minimum atomic E-state index is 0.481. The molecule has 4 saturated carbocycles. The van der Waals surface area contributed by atoms with Crippen molar-refractivity contribution in [3.63, 3.8) is 0 Å². The lowest BCUT2D eigenvalue weighted by Crippen LogP contribution is -2.54. The number of aryl methyl sites for hydroxylation is 2. The Balaban J connectivity index is 1.45. The average molecular weight is 288 g/mol. The Kier molecular flexibility index (Phi) is 3.54. The fraction of sp³-hybridized carbons (Fsp3) is 0.824. The van der Waals surface area contributed by atoms with Gasteiger partial charge in [0.2, 0.25) is 0 Å². The molecule has 1 unspecified atom stereocenters. The smallest absolute Gasteiger partial charge is 0.0492 e. The van der Waals surface area contributed by atoms with Gasteiger partial charge in [-0.2, -0.15) is 5.10 Å². The monoisotopic (exact) mass is 288 g/mol. The second kappa shape index (κ2) is 5.40. The molecule has 116 valence electrons. The maximum atomic E-state index is 5.96. The highest BCUT2D eigenvalue weighted by molar-refractivity contribution is 5.04. The molecule has 1 atom stereocenters. The van der Waals surface area contributed by atoms with Crippen molar-refractivity contribution in [3.05, 3.63) is 18.0 Å². The summed E-state index contributed by atoms with van der Waals surface area (Å²) in [6, 6.07) is 2.61. The summed E-state index contributed by atoms with van der Waals surface area (Å²) >= 11 is 0. The summed E-state index contributed by atoms with van der Waals surface area (Å²) in [7, 11) is 2.03. The van der Waals surface area contributed by atoms with Crippen molar-refractivity contribution in [1.82, 2.24) is 15.2 Å². The quantitative estimate of drug-likeness (QED) is 0.645. The molecule has 1 heterocycles. The van der Waals surface area contributed by atoms with E-state index in [1.54, 1.807) is 0 Å². The number of hydrogen-bond donors (Lipinski definition) is 2. The first-order valence-electron chi connectivity index (χ1n) is 8.67. The molecule has 0 aliphatic heterocycles. The van der Waals surface area contributed by atoms with Gasteiger partial charge in [0.15, 0.2) is 0 Å². The van der Waals surface area contributed by atoms with Crippen LogP contribution in [0.5, 0.6) is 0 Å². The zero-order valence-electron chi connectivity index (χ0n) is 13.0. The second-order valence-electron chi connectivity index (χ2n) is 7.77. The van der Waals surface area contributed by atoms with Crippen molar-refractivity contribution in [2.45, 2.75) is 51.0 Å². The molecular weight excluding hydrogens is 260 g/mol. The highest BCUT2D eigenvalue weighted by atomic mass is 15.3. The van der Waals surface area contributed by atoms with E-state index in [0.29, 0.717) is 6.04 Å². The average Bonchev–Trinajstić information content (AvgIpc) is 2.86. The zero-order chi connectivity index (χ0) is 14.4. The van der Waals surface area contributed by atoms with Gasteiger partial charge in [-0.1, -0.05) is 0 Å². The van der Waals surface area contributed by atoms with Crippen LogP contribution in [0.15, 0.2) is 12.3 Å². The fourth-order valence-corrected chi connectivity index (χ4v) is 5.96. The molecule has 4 aliphatic carbocycles. The Morgan fingerprint density at radius 3 is 2.43 bits per heavy atom. The number of aromatic nitrogens is 2. The standard InChI is InChI=1S/C17H28N4/c1-21-15(4-5-19-21)2-3-16(20-18)17-13-7-11-6-12(9-13)10-14(17)8-11/h4-5,11-14,16-17,20H,2-3,6-10,18H2,1H3. The van der Waals surface area contributed by atoms with Gasteiger partial charge < -0.3 is 0 Å². The van der Waals surface area contributed by atoms with Gasteiger partial charge in [-0.15, -0.1) is 0 Å². The highest BCUT2D eigenvalue weighted by Gasteiger charge is 2.50. The van der Waals surface area contributed by atoms with Gasteiger partial charge in [0.25, 0.3) is 0 Å². The van der Waals surface area contributed by atoms with Crippen LogP contribution in [0, 0.1) is 29.6 Å². The van der Waals surface area contributed by atoms with E-state index in [-0.39, 0.29) is 0 Å². The van der Waals surface area contributed by atoms with Crippen molar-refractivity contribution >= 4 is 0 Å². The Bertz CT molecular complexity index is 467. The molecule has 1 aromatic rings. The van der Waals surface area contributed by atoms with E-state index < -0.39 is 0 Å². The molecule has 4 aliphatic rings. The first kappa shape index (κ1) is 13.8. The molecule has 0 radical (unpaired) electrons. The maximum absolute atomic E-state index is 5.96. The molecule has 0 amide bonds. The van der Waals surface area contributed by atoms with Crippen LogP contribution in [0.2, 0.25) is 0 Å². The van der Waals surface area contributed by atoms with E-state index in [2.05, 4.69) is 16.6 Å². The van der Waals surface area contributed by atoms with Gasteiger partial charge in [-0.3, -0.25) is 16.0 Å². The molecule has 4 fully saturated rings. The molecule has 4 heteroatoms. The van der Waals surface area contributed by atoms with Crippen LogP contribution in [-0.2, 0) is 13.5 Å². The molecule has 4 bridgehead atoms. The highest BCUT2D eigenvalue weighted by Crippen LogP contribution is 2.57. The molecule has 0 saturated heterocycles. The number of nitrogens with zero attached hydrogens (tertiary/aromatic N) is 2. The summed E-state index contributed by atoms with van der Waals surface area (Å²) in [5, 5.41) is 4.27. The SMILES string of the molecule is Cn1nccc1CCC(NN)C1C2CC3CC(C2)CC1C3. The van der Waals surface area contributed by atoms with Crippen molar-refractivity contribution in [2.75, 3.05) is 0 Å². The van der Waals surface area contributed by atoms with Crippen LogP contribution in [0.25, 0.3) is 0 Å². The summed E-state index contributed by atoms with van der Waals surface area (Å²) in [6.45, 7) is 0. The van der Waals surface area contributed by atoms with E-state index in [9.17, 15) is 0 Å². The normalized spacial score (nSPS) is 38.9. The third-order valence-electron chi connectivity index (χ3n) is 6.61. The lowest BCUT2D eigenvalue weighted by molar-refractivity contribution is -0.0529. The summed E-state index contributed by atoms with van der Waals surface area (Å²) in [6.07, 6.45) is 11.5. The van der Waals surface area contributed by atoms with Crippen LogP contribution in [-0.4, -0.2) is 15.8 Å². The third kappa shape index (κ3) is 2.42. The van der Waals surface area contributed by atoms with Crippen LogP contribution in [0.3, 0.4) is 0 Å². The molecule has 3 N–H and O–H groups in total. The summed E-state index contributed by atoms with van der Waals surface area (Å²) < 4.78 is 1.99. The molecule has 5 rings (SSSR count). The third-order valence-corrected chi connectivity index (χ3v) is 6.61. The van der Waals surface area contributed by atoms with Gasteiger partial charge in [0.1, 0.15) is 0 Å². The van der Waals surface area contributed by atoms with Crippen LogP contribution in [0.1, 0.15) is 44.2 Å². The van der Waals surface area contributed by atoms with Crippen LogP contribution >= 0.6 is 0 Å². The Hall–Kier alpha value is -0.870. The van der Waals surface area contributed by atoms with E-state index in [0.717, 1.165) is 42.4 Å². The number of nitrogens with two attached hydrogens (primary N) is 1. The number of hydrogen-bond acceptors (Lipinski definition) is 3. The first-order chi connectivity index (χ1) is 10.2. The van der Waals surface area contributed by atoms with E-state index in [1.165, 1.54) is 37.8 Å². The summed E-state index contributed by atoms with van der Waals surface area (Å²) in [4.78, 5) is 0. The number of hydrazine groups is 1. The van der Waals surface area contributed by atoms with Gasteiger partial charge in [-0.05, 0) is 80.6 Å². The first-order valence-corrected chi connectivity index (χ1v) is 8.67. The summed E-state index contributed by atoms with van der Waals surface area (Å²) in [5.41, 5.74) is 4.50. The predicted molar refractivity (Wildman–Crippen MR) is 83.2 cm³/mol. The van der Waals surface area contributed by atoms with E-state index in [1.807, 2.05) is 17.9 Å². The van der Waals surface area contributed by atoms with Gasteiger partial charge in [0.05, 0.1) is 0 Å². The topological polar surface area (TPSA) is 55.9 Å². The molecule has 21 heavy (non-hydrogen) atoms. The number of rotatable bonds is 5. The zero-order valence-corrected chi connectivity index (χ0v) is 13.0. The lowest BCUT2D eigenvalue weighted by atomic mass is 9.50. The minimum absolute atomic E-state index is 0.481. The van der Waals surface area contributed by atoms with Crippen LogP contribution in [0.4, 0.5) is 0 Å². The largest absolute Gasteiger partial charge is 0.273 e. The Labute approximate surface area is 127 Å². The maximum Gasteiger partial charge on any atom is 0.0492 e. The fourth-order valence-electron chi connectivity index (χ4n) is 5.96. The number of nitrogens with one attached hydrogen (secondary N) is 1. The minimum Gasteiger partial charge on any atom is -0.273 e. The van der Waals surface area contributed by atoms with E-state index >= 15 is 0 Å². The molecule has 0 aromatic carbocycles. The Morgan fingerprint density at radius 2 is 1.90 bits per heavy atom. The Morgan fingerprint density at radius 1 is 1.24 bits per heavy atom. The molecule has 0 spiro atoms.